The Kier molecular flexibility index (Phi) is 5.25. The first-order valence-electron chi connectivity index (χ1n) is 8.11. The van der Waals surface area contributed by atoms with Crippen molar-refractivity contribution in [2.24, 2.45) is 11.3 Å². The summed E-state index contributed by atoms with van der Waals surface area (Å²) in [5.41, 5.74) is -0.320. The summed E-state index contributed by atoms with van der Waals surface area (Å²) >= 11 is 0. The molecular weight excluding hydrogens is 270 g/mol. The molecule has 1 aliphatic carbocycles. The van der Waals surface area contributed by atoms with Gasteiger partial charge in [0.2, 0.25) is 5.91 Å². The van der Waals surface area contributed by atoms with Gasteiger partial charge in [-0.1, -0.05) is 33.1 Å². The molecule has 0 bridgehead atoms. The summed E-state index contributed by atoms with van der Waals surface area (Å²) < 4.78 is 5.35. The second-order valence-corrected chi connectivity index (χ2v) is 6.67. The molecule has 120 valence electrons. The summed E-state index contributed by atoms with van der Waals surface area (Å²) in [7, 11) is 0. The Morgan fingerprint density at radius 2 is 1.90 bits per heavy atom. The third kappa shape index (κ3) is 3.39. The molecule has 1 amide bonds. The fraction of sp³-hybridized carbons (Fsp3) is 0.875. The number of hydrogen-bond acceptors (Lipinski definition) is 3. The summed E-state index contributed by atoms with van der Waals surface area (Å²) in [4.78, 5) is 26.2. The molecule has 0 aromatic carbocycles. The van der Waals surface area contributed by atoms with Crippen molar-refractivity contribution in [2.45, 2.75) is 58.4 Å². The molecule has 2 unspecified atom stereocenters. The topological polar surface area (TPSA) is 66.8 Å². The number of amides is 1. The number of nitrogens with zero attached hydrogens (tertiary/aromatic N) is 1. The molecule has 0 aromatic heterocycles. The lowest BCUT2D eigenvalue weighted by Gasteiger charge is -2.40. The average molecular weight is 297 g/mol. The van der Waals surface area contributed by atoms with Crippen LogP contribution in [-0.2, 0) is 14.3 Å². The predicted molar refractivity (Wildman–Crippen MR) is 78.9 cm³/mol. The average Bonchev–Trinajstić information content (AvgIpc) is 2.94. The van der Waals surface area contributed by atoms with E-state index in [1.54, 1.807) is 4.90 Å². The molecule has 0 radical (unpaired) electrons. The highest BCUT2D eigenvalue weighted by atomic mass is 16.5. The van der Waals surface area contributed by atoms with Crippen LogP contribution in [0.4, 0.5) is 0 Å². The zero-order valence-electron chi connectivity index (χ0n) is 13.1. The molecule has 2 aliphatic rings. The largest absolute Gasteiger partial charge is 0.481 e. The lowest BCUT2D eigenvalue weighted by Crippen LogP contribution is -2.52. The maximum atomic E-state index is 13.0. The Labute approximate surface area is 126 Å². The van der Waals surface area contributed by atoms with E-state index >= 15 is 0 Å². The monoisotopic (exact) mass is 297 g/mol. The number of carboxylic acid groups (broad SMARTS) is 1. The molecule has 0 aromatic rings. The Morgan fingerprint density at radius 3 is 2.48 bits per heavy atom. The van der Waals surface area contributed by atoms with Crippen LogP contribution >= 0.6 is 0 Å². The van der Waals surface area contributed by atoms with E-state index in [4.69, 9.17) is 4.74 Å². The van der Waals surface area contributed by atoms with Crippen molar-refractivity contribution < 1.29 is 19.4 Å². The molecule has 1 N–H and O–H groups in total. The number of aliphatic carboxylic acids is 1. The van der Waals surface area contributed by atoms with Gasteiger partial charge in [0.1, 0.15) is 5.92 Å². The van der Waals surface area contributed by atoms with Crippen LogP contribution in [0.15, 0.2) is 0 Å². The van der Waals surface area contributed by atoms with Gasteiger partial charge in [0.05, 0.1) is 19.3 Å². The first-order valence-corrected chi connectivity index (χ1v) is 8.11. The lowest BCUT2D eigenvalue weighted by molar-refractivity contribution is -0.150. The smallest absolute Gasteiger partial charge is 0.311 e. The fourth-order valence-electron chi connectivity index (χ4n) is 3.64. The van der Waals surface area contributed by atoms with Crippen LogP contribution in [0, 0.1) is 11.3 Å². The van der Waals surface area contributed by atoms with Gasteiger partial charge in [-0.25, -0.2) is 0 Å². The molecule has 1 heterocycles. The molecule has 2 fully saturated rings. The Balaban J connectivity index is 2.17. The predicted octanol–water partition coefficient (Wildman–Crippen LogP) is 2.29. The van der Waals surface area contributed by atoms with Gasteiger partial charge in [0.15, 0.2) is 0 Å². The van der Waals surface area contributed by atoms with Crippen molar-refractivity contribution in [2.75, 3.05) is 19.8 Å². The minimum absolute atomic E-state index is 0.130. The zero-order chi connectivity index (χ0) is 15.5. The minimum Gasteiger partial charge on any atom is -0.481 e. The maximum absolute atomic E-state index is 13.0. The molecule has 2 rings (SSSR count). The van der Waals surface area contributed by atoms with Crippen molar-refractivity contribution in [1.82, 2.24) is 4.90 Å². The molecule has 5 heteroatoms. The molecule has 2 atom stereocenters. The highest BCUT2D eigenvalue weighted by Crippen LogP contribution is 2.38. The van der Waals surface area contributed by atoms with E-state index in [0.29, 0.717) is 13.2 Å². The van der Waals surface area contributed by atoms with Gasteiger partial charge in [0.25, 0.3) is 0 Å². The van der Waals surface area contributed by atoms with Gasteiger partial charge in [-0.2, -0.15) is 0 Å². The number of hydrogen-bond donors (Lipinski definition) is 1. The number of carbonyl (C=O) groups is 2. The summed E-state index contributed by atoms with van der Waals surface area (Å²) in [5.74, 6) is -1.32. The van der Waals surface area contributed by atoms with Crippen molar-refractivity contribution >= 4 is 11.9 Å². The van der Waals surface area contributed by atoms with Gasteiger partial charge in [-0.05, 0) is 19.3 Å². The van der Waals surface area contributed by atoms with E-state index in [0.717, 1.165) is 32.1 Å². The number of carboxylic acids is 1. The molecule has 1 aliphatic heterocycles. The second-order valence-electron chi connectivity index (χ2n) is 6.67. The van der Waals surface area contributed by atoms with Crippen molar-refractivity contribution in [1.29, 1.82) is 0 Å². The van der Waals surface area contributed by atoms with E-state index in [2.05, 4.69) is 0 Å². The third-order valence-electron chi connectivity index (χ3n) is 4.97. The molecule has 5 nitrogen and oxygen atoms in total. The Hall–Kier alpha value is -1.10. The molecule has 1 saturated heterocycles. The summed E-state index contributed by atoms with van der Waals surface area (Å²) in [6.07, 6.45) is 6.04. The van der Waals surface area contributed by atoms with E-state index in [1.807, 2.05) is 13.8 Å². The van der Waals surface area contributed by atoms with Crippen LogP contribution in [-0.4, -0.2) is 47.7 Å². The molecule has 21 heavy (non-hydrogen) atoms. The highest BCUT2D eigenvalue weighted by molar-refractivity contribution is 5.83. The van der Waals surface area contributed by atoms with E-state index in [9.17, 15) is 14.7 Å². The standard InChI is InChI=1S/C16H27NO4/c1-3-9-17(13-11-21-10-12(13)14(18)19)15(20)16(2)7-5-4-6-8-16/h12-13H,3-11H2,1-2H3,(H,18,19). The summed E-state index contributed by atoms with van der Waals surface area (Å²) in [6, 6.07) is -0.311. The fourth-order valence-corrected chi connectivity index (χ4v) is 3.64. The van der Waals surface area contributed by atoms with Gasteiger partial charge < -0.3 is 14.7 Å². The molecular formula is C16H27NO4. The Bertz CT molecular complexity index is 390. The van der Waals surface area contributed by atoms with Crippen LogP contribution in [0.3, 0.4) is 0 Å². The maximum Gasteiger partial charge on any atom is 0.311 e. The van der Waals surface area contributed by atoms with Gasteiger partial charge in [-0.3, -0.25) is 9.59 Å². The van der Waals surface area contributed by atoms with E-state index in [1.165, 1.54) is 6.42 Å². The number of rotatable bonds is 5. The minimum atomic E-state index is -0.861. The van der Waals surface area contributed by atoms with Crippen molar-refractivity contribution in [3.63, 3.8) is 0 Å². The first kappa shape index (κ1) is 16.3. The van der Waals surface area contributed by atoms with E-state index < -0.39 is 11.9 Å². The van der Waals surface area contributed by atoms with Crippen LogP contribution in [0.5, 0.6) is 0 Å². The van der Waals surface area contributed by atoms with Crippen LogP contribution in [0.1, 0.15) is 52.4 Å². The third-order valence-corrected chi connectivity index (χ3v) is 4.97. The van der Waals surface area contributed by atoms with Gasteiger partial charge in [0, 0.05) is 12.0 Å². The zero-order valence-corrected chi connectivity index (χ0v) is 13.1. The highest BCUT2D eigenvalue weighted by Gasteiger charge is 2.45. The van der Waals surface area contributed by atoms with Gasteiger partial charge >= 0.3 is 5.97 Å². The normalized spacial score (nSPS) is 28.3. The summed E-state index contributed by atoms with van der Waals surface area (Å²) in [6.45, 7) is 5.24. The Morgan fingerprint density at radius 1 is 1.24 bits per heavy atom. The first-order chi connectivity index (χ1) is 9.99. The summed E-state index contributed by atoms with van der Waals surface area (Å²) in [5, 5.41) is 9.34. The van der Waals surface area contributed by atoms with Crippen molar-refractivity contribution in [3.8, 4) is 0 Å². The second kappa shape index (κ2) is 6.77. The van der Waals surface area contributed by atoms with E-state index in [-0.39, 0.29) is 24.0 Å². The van der Waals surface area contributed by atoms with Gasteiger partial charge in [-0.15, -0.1) is 0 Å². The quantitative estimate of drug-likeness (QED) is 0.845. The van der Waals surface area contributed by atoms with Crippen LogP contribution in [0.25, 0.3) is 0 Å². The number of ether oxygens (including phenoxy) is 1. The van der Waals surface area contributed by atoms with Crippen molar-refractivity contribution in [3.05, 3.63) is 0 Å². The number of carbonyl (C=O) groups excluding carboxylic acids is 1. The molecule has 0 spiro atoms. The van der Waals surface area contributed by atoms with Crippen LogP contribution < -0.4 is 0 Å². The molecule has 1 saturated carbocycles. The SMILES string of the molecule is CCCN(C(=O)C1(C)CCCCC1)C1COCC1C(=O)O. The van der Waals surface area contributed by atoms with Crippen LogP contribution in [0.2, 0.25) is 0 Å². The lowest BCUT2D eigenvalue weighted by atomic mass is 9.74.